The van der Waals surface area contributed by atoms with Gasteiger partial charge in [0.2, 0.25) is 5.62 Å². The zero-order valence-corrected chi connectivity index (χ0v) is 20.6. The molecule has 1 aromatic heterocycles. The Balaban J connectivity index is 1.59. The highest BCUT2D eigenvalue weighted by Crippen LogP contribution is 2.37. The van der Waals surface area contributed by atoms with E-state index in [2.05, 4.69) is 35.1 Å². The van der Waals surface area contributed by atoms with Crippen LogP contribution in [0.5, 0.6) is 0 Å². The predicted molar refractivity (Wildman–Crippen MR) is 139 cm³/mol. The number of rotatable bonds is 4. The van der Waals surface area contributed by atoms with Gasteiger partial charge < -0.3 is 15.2 Å². The molecule has 2 N–H and O–H groups in total. The lowest BCUT2D eigenvalue weighted by molar-refractivity contribution is 0.102. The summed E-state index contributed by atoms with van der Waals surface area (Å²) in [6.45, 7) is 6.33. The molecule has 8 nitrogen and oxygen atoms in total. The minimum Gasteiger partial charge on any atom is -0.369 e. The Bertz CT molecular complexity index is 1540. The van der Waals surface area contributed by atoms with E-state index in [-0.39, 0.29) is 5.69 Å². The molecule has 3 aliphatic heterocycles. The largest absolute Gasteiger partial charge is 0.369 e. The molecule has 0 saturated carbocycles. The van der Waals surface area contributed by atoms with Crippen molar-refractivity contribution in [1.82, 2.24) is 19.5 Å². The first-order valence-corrected chi connectivity index (χ1v) is 11.6. The monoisotopic (exact) mass is 481 g/mol. The van der Waals surface area contributed by atoms with Crippen molar-refractivity contribution in [3.05, 3.63) is 65.2 Å². The molecule has 2 radical (unpaired) electrons. The average molecular weight is 481 g/mol. The Hall–Kier alpha value is -4.08. The fourth-order valence-electron chi connectivity index (χ4n) is 4.46. The zero-order valence-electron chi connectivity index (χ0n) is 20.6. The lowest BCUT2D eigenvalue weighted by atomic mass is 9.82. The smallest absolute Gasteiger partial charge is 0.274 e. The number of carbonyl (C=O) groups excluding carboxylic acids is 1. The molecule has 1 amide bonds. The number of anilines is 2. The first-order chi connectivity index (χ1) is 17.2. The maximum atomic E-state index is 14.4. The van der Waals surface area contributed by atoms with Crippen LogP contribution in [0.2, 0.25) is 0 Å². The summed E-state index contributed by atoms with van der Waals surface area (Å²) in [7, 11) is 8.31. The Morgan fingerprint density at radius 2 is 2.06 bits per heavy atom. The molecule has 10 heteroatoms. The van der Waals surface area contributed by atoms with Crippen LogP contribution >= 0.6 is 0 Å². The van der Waals surface area contributed by atoms with E-state index in [1.165, 1.54) is 26.1 Å². The van der Waals surface area contributed by atoms with E-state index in [0.717, 1.165) is 47.0 Å². The van der Waals surface area contributed by atoms with Crippen molar-refractivity contribution in [1.29, 1.82) is 0 Å². The number of carbonyl (C=O) groups is 1. The number of aromatic nitrogens is 4. The van der Waals surface area contributed by atoms with E-state index in [9.17, 15) is 9.18 Å². The second-order valence-corrected chi connectivity index (χ2v) is 9.23. The van der Waals surface area contributed by atoms with Crippen LogP contribution in [0.3, 0.4) is 0 Å². The second-order valence-electron chi connectivity index (χ2n) is 9.23. The van der Waals surface area contributed by atoms with Gasteiger partial charge in [0.25, 0.3) is 5.91 Å². The van der Waals surface area contributed by atoms with Gasteiger partial charge in [-0.05, 0) is 61.7 Å². The van der Waals surface area contributed by atoms with E-state index in [0.29, 0.717) is 22.3 Å². The number of halogens is 1. The summed E-state index contributed by atoms with van der Waals surface area (Å²) in [5.74, 6) is 1.21. The van der Waals surface area contributed by atoms with Crippen LogP contribution in [0.15, 0.2) is 47.7 Å². The number of nitrogens with one attached hydrogen (secondary N) is 2. The molecule has 2 aromatic rings. The third-order valence-corrected chi connectivity index (χ3v) is 6.34. The first kappa shape index (κ1) is 23.7. The maximum Gasteiger partial charge on any atom is 0.274 e. The van der Waals surface area contributed by atoms with Gasteiger partial charge in [0.15, 0.2) is 0 Å². The van der Waals surface area contributed by atoms with Gasteiger partial charge in [-0.1, -0.05) is 11.5 Å². The highest BCUT2D eigenvalue weighted by molar-refractivity contribution is 6.40. The van der Waals surface area contributed by atoms with Crippen LogP contribution in [0.25, 0.3) is 22.5 Å². The minimum absolute atomic E-state index is 0.109. The Morgan fingerprint density at radius 1 is 1.25 bits per heavy atom. The zero-order chi connectivity index (χ0) is 25.6. The number of amides is 1. The van der Waals surface area contributed by atoms with Gasteiger partial charge in [-0.2, -0.15) is 4.98 Å². The molecule has 4 heterocycles. The van der Waals surface area contributed by atoms with Crippen molar-refractivity contribution in [3.8, 4) is 22.5 Å². The molecular weight excluding hydrogens is 456 g/mol. The summed E-state index contributed by atoms with van der Waals surface area (Å²) >= 11 is 0. The average Bonchev–Trinajstić information content (AvgIpc) is 3.36. The first-order valence-electron chi connectivity index (χ1n) is 11.6. The standard InChI is InChI=1S/C26H25BFN7O/c1-14-5-6-18(33-24(36)19-12-16(7-8-30-19)26(2,3)28)21(27)20(14)17-11-15-13-32-25(29-4)34-22(15)35-10-9-31-23(17)35/h5-8,11-13,31H,9-10H2,1-4H3,(H,33,36). The summed E-state index contributed by atoms with van der Waals surface area (Å²) in [6, 6.07) is 8.67. The Labute approximate surface area is 209 Å². The van der Waals surface area contributed by atoms with Crippen LogP contribution in [0, 0.1) is 6.92 Å². The maximum absolute atomic E-state index is 14.4. The molecule has 0 bridgehead atoms. The van der Waals surface area contributed by atoms with Gasteiger partial charge in [0.1, 0.15) is 30.9 Å². The molecule has 36 heavy (non-hydrogen) atoms. The number of alkyl halides is 1. The Kier molecular flexibility index (Phi) is 5.82. The number of fused-ring (bicyclic) bond motifs is 3. The minimum atomic E-state index is -1.59. The van der Waals surface area contributed by atoms with Gasteiger partial charge in [0.05, 0.1) is 0 Å². The fourth-order valence-corrected chi connectivity index (χ4v) is 4.46. The van der Waals surface area contributed by atoms with E-state index >= 15 is 0 Å². The summed E-state index contributed by atoms with van der Waals surface area (Å²) in [5.41, 5.74) is 3.65. The van der Waals surface area contributed by atoms with Crippen LogP contribution in [0.4, 0.5) is 15.9 Å². The van der Waals surface area contributed by atoms with Crippen LogP contribution in [-0.4, -0.2) is 46.9 Å². The molecule has 3 aliphatic rings. The lowest BCUT2D eigenvalue weighted by Gasteiger charge is -2.21. The molecule has 1 aromatic carbocycles. The lowest BCUT2D eigenvalue weighted by Crippen LogP contribution is -2.23. The summed E-state index contributed by atoms with van der Waals surface area (Å²) in [6.07, 6.45) is 3.18. The van der Waals surface area contributed by atoms with Crippen LogP contribution in [0.1, 0.15) is 35.5 Å². The third-order valence-electron chi connectivity index (χ3n) is 6.34. The van der Waals surface area contributed by atoms with Gasteiger partial charge in [-0.15, -0.1) is 0 Å². The SMILES string of the molecule is [B]c1c(NC(=O)c2cc(C(C)(C)F)ccn2)ccc(C)c1-c1cc2cnc(=NC)nc-2n2c1NCC2. The second kappa shape index (κ2) is 8.85. The summed E-state index contributed by atoms with van der Waals surface area (Å²) in [4.78, 5) is 30.1. The number of hydrogen-bond acceptors (Lipinski definition) is 6. The van der Waals surface area contributed by atoms with Gasteiger partial charge in [0, 0.05) is 49.3 Å². The van der Waals surface area contributed by atoms with Crippen molar-refractivity contribution in [2.24, 2.45) is 4.99 Å². The van der Waals surface area contributed by atoms with Gasteiger partial charge >= 0.3 is 0 Å². The van der Waals surface area contributed by atoms with Crippen molar-refractivity contribution in [2.45, 2.75) is 33.0 Å². The topological polar surface area (TPSA) is 97.1 Å². The van der Waals surface area contributed by atoms with E-state index in [1.807, 2.05) is 19.1 Å². The van der Waals surface area contributed by atoms with Gasteiger partial charge in [-0.3, -0.25) is 14.8 Å². The van der Waals surface area contributed by atoms with E-state index < -0.39 is 11.6 Å². The normalized spacial score (nSPS) is 13.5. The molecule has 0 aliphatic carbocycles. The number of pyridine rings is 2. The number of nitrogens with zero attached hydrogens (tertiary/aromatic N) is 5. The summed E-state index contributed by atoms with van der Waals surface area (Å²) in [5, 5.41) is 6.29. The quantitative estimate of drug-likeness (QED) is 0.437. The Morgan fingerprint density at radius 3 is 2.81 bits per heavy atom. The summed E-state index contributed by atoms with van der Waals surface area (Å²) < 4.78 is 16.5. The fraction of sp³-hybridized carbons (Fsp3) is 0.269. The molecule has 0 spiro atoms. The van der Waals surface area contributed by atoms with Crippen LogP contribution < -0.4 is 21.7 Å². The molecule has 5 rings (SSSR count). The van der Waals surface area contributed by atoms with Crippen molar-refractivity contribution in [2.75, 3.05) is 24.2 Å². The predicted octanol–water partition coefficient (Wildman–Crippen LogP) is 2.96. The number of benzene rings is 1. The molecule has 0 saturated heterocycles. The number of hydrogen-bond donors (Lipinski definition) is 2. The highest BCUT2D eigenvalue weighted by Gasteiger charge is 2.25. The third kappa shape index (κ3) is 4.12. The molecule has 0 atom stereocenters. The van der Waals surface area contributed by atoms with Crippen LogP contribution in [-0.2, 0) is 12.2 Å². The molecule has 180 valence electrons. The van der Waals surface area contributed by atoms with Crippen molar-refractivity contribution >= 4 is 30.7 Å². The molecule has 0 fully saturated rings. The molecule has 0 unspecified atom stereocenters. The molecular formula is C26H25BFN7O. The highest BCUT2D eigenvalue weighted by atomic mass is 19.1. The van der Waals surface area contributed by atoms with Crippen molar-refractivity contribution in [3.63, 3.8) is 0 Å². The van der Waals surface area contributed by atoms with Crippen molar-refractivity contribution < 1.29 is 9.18 Å². The van der Waals surface area contributed by atoms with E-state index in [4.69, 9.17) is 7.85 Å². The number of aryl methyl sites for hydroxylation is 1. The van der Waals surface area contributed by atoms with Gasteiger partial charge in [-0.25, -0.2) is 9.37 Å². The van der Waals surface area contributed by atoms with E-state index in [1.54, 1.807) is 25.4 Å².